The van der Waals surface area contributed by atoms with Crippen molar-refractivity contribution < 1.29 is 55.4 Å². The van der Waals surface area contributed by atoms with Gasteiger partial charge in [0.15, 0.2) is 11.6 Å². The molecule has 0 radical (unpaired) electrons. The van der Waals surface area contributed by atoms with Crippen molar-refractivity contribution in [2.45, 2.75) is 31.1 Å². The Bertz CT molecular complexity index is 2190. The van der Waals surface area contributed by atoms with Crippen molar-refractivity contribution >= 4 is 58.5 Å². The van der Waals surface area contributed by atoms with Crippen molar-refractivity contribution in [2.75, 3.05) is 31.2 Å². The minimum atomic E-state index is -4.89. The Morgan fingerprint density at radius 2 is 1.25 bits per heavy atom. The first-order valence-electron chi connectivity index (χ1n) is 16.5. The number of halogens is 8. The van der Waals surface area contributed by atoms with Crippen molar-refractivity contribution in [1.29, 1.82) is 0 Å². The van der Waals surface area contributed by atoms with Crippen LogP contribution in [0.1, 0.15) is 35.7 Å². The van der Waals surface area contributed by atoms with Crippen LogP contribution in [0.3, 0.4) is 0 Å². The molecule has 2 aliphatic heterocycles. The van der Waals surface area contributed by atoms with Crippen LogP contribution < -0.4 is 14.8 Å². The van der Waals surface area contributed by atoms with Gasteiger partial charge in [-0.1, -0.05) is 34.9 Å². The molecule has 2 aromatic heterocycles. The molecule has 4 heterocycles. The number of hydrazine groups is 2. The first kappa shape index (κ1) is 38.2. The lowest BCUT2D eigenvalue weighted by molar-refractivity contribution is -0.143. The summed E-state index contributed by atoms with van der Waals surface area (Å²) >= 11 is 12.4. The number of carbonyl (C=O) groups is 4. The lowest BCUT2D eigenvalue weighted by Gasteiger charge is -2.44. The molecule has 2 aliphatic carbocycles. The van der Waals surface area contributed by atoms with Gasteiger partial charge in [0.05, 0.1) is 40.8 Å². The van der Waals surface area contributed by atoms with Crippen LogP contribution in [0.2, 0.25) is 10.0 Å². The van der Waals surface area contributed by atoms with Gasteiger partial charge in [-0.3, -0.25) is 29.2 Å². The highest BCUT2D eigenvalue weighted by atomic mass is 35.5. The molecule has 0 spiro atoms. The van der Waals surface area contributed by atoms with Crippen molar-refractivity contribution in [1.82, 2.24) is 20.0 Å². The maximum absolute atomic E-state index is 14.4. The molecule has 55 heavy (non-hydrogen) atoms. The fourth-order valence-electron chi connectivity index (χ4n) is 8.23. The lowest BCUT2D eigenvalue weighted by atomic mass is 9.57. The number of fused-ring (bicyclic) bond motifs is 4. The Labute approximate surface area is 317 Å². The van der Waals surface area contributed by atoms with Gasteiger partial charge < -0.3 is 9.84 Å². The van der Waals surface area contributed by atoms with Gasteiger partial charge in [0.25, 0.3) is 23.6 Å². The van der Waals surface area contributed by atoms with E-state index in [4.69, 9.17) is 27.9 Å². The highest BCUT2D eigenvalue weighted by molar-refractivity contribution is 6.33. The molecule has 3 aromatic rings. The third-order valence-electron chi connectivity index (χ3n) is 10.6. The molecule has 4 aliphatic rings. The number of aromatic hydroxyl groups is 1. The monoisotopic (exact) mass is 812 g/mol. The molecule has 290 valence electrons. The number of rotatable bonds is 6. The molecule has 0 bridgehead atoms. The molecular weight excluding hydrogens is 785 g/mol. The molecular formula is C35H28Cl2F6N6O6. The van der Waals surface area contributed by atoms with Crippen LogP contribution in [0.5, 0.6) is 11.5 Å². The van der Waals surface area contributed by atoms with Crippen LogP contribution in [-0.2, 0) is 31.5 Å². The third-order valence-corrected chi connectivity index (χ3v) is 11.2. The topological polar surface area (TPSA) is 136 Å². The van der Waals surface area contributed by atoms with Gasteiger partial charge in [0.2, 0.25) is 0 Å². The van der Waals surface area contributed by atoms with E-state index in [2.05, 4.69) is 9.97 Å². The number of benzene rings is 1. The second kappa shape index (κ2) is 13.3. The number of pyridine rings is 2. The van der Waals surface area contributed by atoms with E-state index in [1.54, 1.807) is 6.08 Å². The summed E-state index contributed by atoms with van der Waals surface area (Å²) in [5, 5.41) is 13.6. The summed E-state index contributed by atoms with van der Waals surface area (Å²) in [7, 11) is 3.66. The smallest absolute Gasteiger partial charge is 0.433 e. The molecule has 1 aromatic carbocycles. The highest BCUT2D eigenvalue weighted by Crippen LogP contribution is 2.59. The van der Waals surface area contributed by atoms with Crippen LogP contribution in [0.15, 0.2) is 54.1 Å². The predicted molar refractivity (Wildman–Crippen MR) is 181 cm³/mol. The first-order chi connectivity index (χ1) is 25.8. The minimum Gasteiger partial charge on any atom is -0.508 e. The minimum absolute atomic E-state index is 0.0662. The van der Waals surface area contributed by atoms with Crippen LogP contribution in [0.4, 0.5) is 38.0 Å². The number of aromatic nitrogens is 2. The number of amides is 4. The number of allylic oxidation sites excluding steroid dienone is 2. The third kappa shape index (κ3) is 6.09. The Hall–Kier alpha value is -5.10. The normalized spacial score (nSPS) is 25.1. The van der Waals surface area contributed by atoms with Gasteiger partial charge in [-0.05, 0) is 61.2 Å². The van der Waals surface area contributed by atoms with E-state index in [0.29, 0.717) is 27.7 Å². The first-order valence-corrected chi connectivity index (χ1v) is 17.3. The molecule has 1 N–H and O–H groups in total. The standard InChI is InChI=1S/C35H28Cl2F6N6O6/c1-46(28-20(36)7-10-23(44-28)34(38,39)40)48-30(51)16-6-5-15-17(26(16)32(48)53)13-19-27(25(15)18-12-14(55-3)4-9-22(18)50)33(54)49(31(19)52)47(2)29-21(37)8-11-24(45-29)35(41,42)43/h4-5,7-12,16-17,19,25-27,50H,6,13H2,1-3H3. The Kier molecular flexibility index (Phi) is 9.22. The van der Waals surface area contributed by atoms with Crippen molar-refractivity contribution in [3.63, 3.8) is 0 Å². The van der Waals surface area contributed by atoms with Gasteiger partial charge in [0.1, 0.15) is 22.9 Å². The van der Waals surface area contributed by atoms with Gasteiger partial charge in [-0.15, -0.1) is 0 Å². The van der Waals surface area contributed by atoms with Crippen LogP contribution >= 0.6 is 23.2 Å². The van der Waals surface area contributed by atoms with Crippen LogP contribution in [0.25, 0.3) is 0 Å². The van der Waals surface area contributed by atoms with E-state index >= 15 is 0 Å². The molecule has 6 atom stereocenters. The van der Waals surface area contributed by atoms with Gasteiger partial charge in [-0.25, -0.2) is 9.97 Å². The number of anilines is 2. The van der Waals surface area contributed by atoms with E-state index in [-0.39, 0.29) is 39.9 Å². The molecule has 12 nitrogen and oxygen atoms in total. The lowest BCUT2D eigenvalue weighted by Crippen LogP contribution is -2.46. The van der Waals surface area contributed by atoms with Crippen molar-refractivity contribution in [3.8, 4) is 11.5 Å². The van der Waals surface area contributed by atoms with E-state index < -0.39 is 94.5 Å². The zero-order valence-electron chi connectivity index (χ0n) is 28.7. The number of nitrogens with zero attached hydrogens (tertiary/aromatic N) is 6. The maximum atomic E-state index is 14.4. The van der Waals surface area contributed by atoms with E-state index in [1.165, 1.54) is 25.3 Å². The number of hydrogen-bond donors (Lipinski definition) is 1. The molecule has 4 amide bonds. The molecule has 1 saturated carbocycles. The average molecular weight is 814 g/mol. The molecule has 20 heteroatoms. The Morgan fingerprint density at radius 1 is 0.745 bits per heavy atom. The maximum Gasteiger partial charge on any atom is 0.433 e. The van der Waals surface area contributed by atoms with E-state index in [9.17, 15) is 50.6 Å². The van der Waals surface area contributed by atoms with Gasteiger partial charge in [-0.2, -0.15) is 36.4 Å². The summed E-state index contributed by atoms with van der Waals surface area (Å²) in [5.41, 5.74) is -2.10. The van der Waals surface area contributed by atoms with Crippen LogP contribution in [0, 0.1) is 29.6 Å². The largest absolute Gasteiger partial charge is 0.508 e. The van der Waals surface area contributed by atoms with E-state index in [1.807, 2.05) is 0 Å². The number of phenolic OH excluding ortho intramolecular Hbond substituents is 1. The van der Waals surface area contributed by atoms with E-state index in [0.717, 1.165) is 36.2 Å². The number of ether oxygens (including phenoxy) is 1. The summed E-state index contributed by atoms with van der Waals surface area (Å²) < 4.78 is 87.0. The summed E-state index contributed by atoms with van der Waals surface area (Å²) in [6, 6.07) is 7.35. The zero-order valence-corrected chi connectivity index (χ0v) is 30.2. The second-order valence-electron chi connectivity index (χ2n) is 13.5. The van der Waals surface area contributed by atoms with Gasteiger partial charge in [0, 0.05) is 25.6 Å². The molecule has 7 rings (SSSR count). The van der Waals surface area contributed by atoms with Crippen molar-refractivity contribution in [3.05, 3.63) is 81.1 Å². The Balaban J connectivity index is 1.31. The molecule has 6 unspecified atom stereocenters. The Morgan fingerprint density at radius 3 is 1.76 bits per heavy atom. The van der Waals surface area contributed by atoms with Gasteiger partial charge >= 0.3 is 12.4 Å². The number of phenols is 1. The second-order valence-corrected chi connectivity index (χ2v) is 14.3. The number of alkyl halides is 6. The summed E-state index contributed by atoms with van der Waals surface area (Å²) in [6.45, 7) is 0. The fraction of sp³-hybridized carbons (Fsp3) is 0.371. The quantitative estimate of drug-likeness (QED) is 0.172. The zero-order chi connectivity index (χ0) is 40.0. The fourth-order valence-corrected chi connectivity index (χ4v) is 8.68. The predicted octanol–water partition coefficient (Wildman–Crippen LogP) is 6.27. The number of carbonyl (C=O) groups excluding carboxylic acids is 4. The number of hydrogen-bond acceptors (Lipinski definition) is 10. The van der Waals surface area contributed by atoms with Crippen molar-refractivity contribution in [2.24, 2.45) is 29.6 Å². The highest BCUT2D eigenvalue weighted by Gasteiger charge is 2.63. The molecule has 2 saturated heterocycles. The summed E-state index contributed by atoms with van der Waals surface area (Å²) in [5.74, 6) is -11.3. The number of methoxy groups -OCH3 is 1. The molecule has 3 fully saturated rings. The average Bonchev–Trinajstić information content (AvgIpc) is 3.53. The number of imide groups is 2. The van der Waals surface area contributed by atoms with Crippen LogP contribution in [-0.4, -0.2) is 69.9 Å². The SMILES string of the molecule is COc1ccc(O)c(C2C3=CCC4C(=O)N(N(C)c5nc(C(F)(F)F)ccc5Cl)C(=O)C4C3CC3C(=O)N(N(C)c4nc(C(F)(F)F)ccc4Cl)C(=O)C32)c1. The summed E-state index contributed by atoms with van der Waals surface area (Å²) in [4.78, 5) is 64.2. The summed E-state index contributed by atoms with van der Waals surface area (Å²) in [6.07, 6.45) is -8.39.